The second kappa shape index (κ2) is 6.76. The molecule has 0 fully saturated rings. The number of hydrogen-bond donors (Lipinski definition) is 1. The highest BCUT2D eigenvalue weighted by Gasteiger charge is 2.30. The maximum Gasteiger partial charge on any atom is 0.304 e. The number of carboxylic acid groups (broad SMARTS) is 1. The summed E-state index contributed by atoms with van der Waals surface area (Å²) in [5, 5.41) is 9.09. The molecule has 0 bridgehead atoms. The van der Waals surface area contributed by atoms with E-state index in [0.717, 1.165) is 4.31 Å². The summed E-state index contributed by atoms with van der Waals surface area (Å²) in [5.41, 5.74) is 0. The molecular weight excluding hydrogens is 325 g/mol. The number of carbonyl (C=O) groups is 1. The summed E-state index contributed by atoms with van der Waals surface area (Å²) in [6, 6.07) is 3.46. The molecular formula is C12H15Cl2NO4S. The van der Waals surface area contributed by atoms with Crippen molar-refractivity contribution in [3.05, 3.63) is 28.2 Å². The molecule has 5 nitrogen and oxygen atoms in total. The van der Waals surface area contributed by atoms with Crippen LogP contribution in [0.5, 0.6) is 0 Å². The van der Waals surface area contributed by atoms with Crippen LogP contribution in [0.4, 0.5) is 0 Å². The van der Waals surface area contributed by atoms with Crippen LogP contribution in [0.1, 0.15) is 20.3 Å². The number of nitrogens with zero attached hydrogens (tertiary/aromatic N) is 1. The molecule has 1 N–H and O–H groups in total. The Morgan fingerprint density at radius 3 is 2.50 bits per heavy atom. The quantitative estimate of drug-likeness (QED) is 0.864. The molecule has 0 aliphatic heterocycles. The lowest BCUT2D eigenvalue weighted by Crippen LogP contribution is -2.39. The van der Waals surface area contributed by atoms with E-state index in [2.05, 4.69) is 0 Å². The number of hydrogen-bond acceptors (Lipinski definition) is 3. The summed E-state index contributed by atoms with van der Waals surface area (Å²) < 4.78 is 26.2. The monoisotopic (exact) mass is 339 g/mol. The maximum absolute atomic E-state index is 12.5. The van der Waals surface area contributed by atoms with Crippen molar-refractivity contribution < 1.29 is 18.3 Å². The van der Waals surface area contributed by atoms with Gasteiger partial charge in [-0.05, 0) is 25.1 Å². The first kappa shape index (κ1) is 17.2. The molecule has 0 saturated carbocycles. The Hall–Kier alpha value is -0.820. The van der Waals surface area contributed by atoms with Gasteiger partial charge in [0, 0.05) is 17.6 Å². The largest absolute Gasteiger partial charge is 0.481 e. The van der Waals surface area contributed by atoms with E-state index in [9.17, 15) is 13.2 Å². The molecule has 0 heterocycles. The number of sulfonamides is 1. The van der Waals surface area contributed by atoms with Crippen LogP contribution in [0.25, 0.3) is 0 Å². The molecule has 0 amide bonds. The average molecular weight is 340 g/mol. The van der Waals surface area contributed by atoms with Gasteiger partial charge in [-0.3, -0.25) is 4.79 Å². The van der Waals surface area contributed by atoms with E-state index in [1.807, 2.05) is 0 Å². The van der Waals surface area contributed by atoms with E-state index >= 15 is 0 Å². The van der Waals surface area contributed by atoms with Crippen molar-refractivity contribution in [2.75, 3.05) is 6.54 Å². The zero-order valence-electron chi connectivity index (χ0n) is 11.0. The standard InChI is InChI=1S/C12H15Cl2NO4S/c1-3-15(8(2)6-12(16)17)20(18,19)11-7-9(13)4-5-10(11)14/h4-5,7-8H,3,6H2,1-2H3,(H,16,17). The van der Waals surface area contributed by atoms with Gasteiger partial charge in [-0.2, -0.15) is 4.31 Å². The van der Waals surface area contributed by atoms with E-state index in [1.165, 1.54) is 25.1 Å². The Balaban J connectivity index is 3.25. The van der Waals surface area contributed by atoms with E-state index in [4.69, 9.17) is 28.3 Å². The molecule has 1 aromatic rings. The third kappa shape index (κ3) is 3.85. The fourth-order valence-corrected chi connectivity index (χ4v) is 4.25. The van der Waals surface area contributed by atoms with Gasteiger partial charge in [0.1, 0.15) is 4.90 Å². The first-order valence-electron chi connectivity index (χ1n) is 5.88. The van der Waals surface area contributed by atoms with E-state index in [0.29, 0.717) is 0 Å². The summed E-state index contributed by atoms with van der Waals surface area (Å²) >= 11 is 11.7. The zero-order valence-corrected chi connectivity index (χ0v) is 13.3. The van der Waals surface area contributed by atoms with Crippen LogP contribution < -0.4 is 0 Å². The van der Waals surface area contributed by atoms with Gasteiger partial charge in [0.2, 0.25) is 10.0 Å². The molecule has 1 atom stereocenters. The first-order valence-corrected chi connectivity index (χ1v) is 8.08. The molecule has 0 radical (unpaired) electrons. The van der Waals surface area contributed by atoms with Gasteiger partial charge in [0.15, 0.2) is 0 Å². The van der Waals surface area contributed by atoms with Crippen LogP contribution in [0, 0.1) is 0 Å². The fourth-order valence-electron chi connectivity index (χ4n) is 1.87. The lowest BCUT2D eigenvalue weighted by molar-refractivity contribution is -0.137. The normalized spacial score (nSPS) is 13.4. The molecule has 0 aromatic heterocycles. The lowest BCUT2D eigenvalue weighted by atomic mass is 10.2. The van der Waals surface area contributed by atoms with Crippen molar-refractivity contribution in [1.29, 1.82) is 0 Å². The minimum absolute atomic E-state index is 0.0513. The van der Waals surface area contributed by atoms with Crippen molar-refractivity contribution in [2.45, 2.75) is 31.2 Å². The van der Waals surface area contributed by atoms with Crippen LogP contribution in [0.15, 0.2) is 23.1 Å². The number of carboxylic acids is 1. The van der Waals surface area contributed by atoms with Crippen molar-refractivity contribution in [3.8, 4) is 0 Å². The minimum atomic E-state index is -3.90. The molecule has 0 spiro atoms. The second-order valence-electron chi connectivity index (χ2n) is 4.23. The van der Waals surface area contributed by atoms with Gasteiger partial charge >= 0.3 is 5.97 Å². The topological polar surface area (TPSA) is 74.7 Å². The molecule has 0 aliphatic carbocycles. The molecule has 20 heavy (non-hydrogen) atoms. The highest BCUT2D eigenvalue weighted by Crippen LogP contribution is 2.29. The highest BCUT2D eigenvalue weighted by molar-refractivity contribution is 7.89. The molecule has 0 aliphatic rings. The molecule has 0 saturated heterocycles. The number of rotatable bonds is 6. The van der Waals surface area contributed by atoms with E-state index in [1.54, 1.807) is 6.92 Å². The first-order chi connectivity index (χ1) is 9.20. The van der Waals surface area contributed by atoms with Gasteiger partial charge in [0.05, 0.1) is 11.4 Å². The molecule has 1 aromatic carbocycles. The van der Waals surface area contributed by atoms with Gasteiger partial charge in [0.25, 0.3) is 0 Å². The number of benzene rings is 1. The van der Waals surface area contributed by atoms with Crippen LogP contribution in [-0.4, -0.2) is 36.4 Å². The Labute approximate surface area is 128 Å². The van der Waals surface area contributed by atoms with Crippen molar-refractivity contribution in [2.24, 2.45) is 0 Å². The number of aliphatic carboxylic acids is 1. The van der Waals surface area contributed by atoms with Crippen LogP contribution in [-0.2, 0) is 14.8 Å². The summed E-state index contributed by atoms with van der Waals surface area (Å²) in [6.45, 7) is 3.31. The SMILES string of the molecule is CCN(C(C)CC(=O)O)S(=O)(=O)c1cc(Cl)ccc1Cl. The Morgan fingerprint density at radius 1 is 1.40 bits per heavy atom. The maximum atomic E-state index is 12.5. The van der Waals surface area contributed by atoms with Crippen LogP contribution in [0.2, 0.25) is 10.0 Å². The van der Waals surface area contributed by atoms with Crippen LogP contribution in [0.3, 0.4) is 0 Å². The predicted molar refractivity (Wildman–Crippen MR) is 77.7 cm³/mol. The van der Waals surface area contributed by atoms with Crippen molar-refractivity contribution >= 4 is 39.2 Å². The van der Waals surface area contributed by atoms with Crippen LogP contribution >= 0.6 is 23.2 Å². The summed E-state index contributed by atoms with van der Waals surface area (Å²) in [5.74, 6) is -1.07. The second-order valence-corrected chi connectivity index (χ2v) is 6.93. The van der Waals surface area contributed by atoms with Crippen molar-refractivity contribution in [1.82, 2.24) is 4.31 Å². The molecule has 1 unspecified atom stereocenters. The molecule has 8 heteroatoms. The van der Waals surface area contributed by atoms with Gasteiger partial charge < -0.3 is 5.11 Å². The third-order valence-corrected chi connectivity index (χ3v) is 5.56. The summed E-state index contributed by atoms with van der Waals surface area (Å²) in [7, 11) is -3.90. The van der Waals surface area contributed by atoms with E-state index < -0.39 is 22.0 Å². The zero-order chi connectivity index (χ0) is 15.5. The fraction of sp³-hybridized carbons (Fsp3) is 0.417. The Bertz CT molecular complexity index is 603. The van der Waals surface area contributed by atoms with Gasteiger partial charge in [-0.25, -0.2) is 8.42 Å². The van der Waals surface area contributed by atoms with Crippen molar-refractivity contribution in [3.63, 3.8) is 0 Å². The third-order valence-electron chi connectivity index (χ3n) is 2.75. The van der Waals surface area contributed by atoms with E-state index in [-0.39, 0.29) is 27.9 Å². The Morgan fingerprint density at radius 2 is 2.00 bits per heavy atom. The van der Waals surface area contributed by atoms with Gasteiger partial charge in [-0.1, -0.05) is 30.1 Å². The van der Waals surface area contributed by atoms with Gasteiger partial charge in [-0.15, -0.1) is 0 Å². The lowest BCUT2D eigenvalue weighted by Gasteiger charge is -2.26. The summed E-state index contributed by atoms with van der Waals surface area (Å²) in [6.07, 6.45) is -0.286. The Kier molecular flexibility index (Phi) is 5.82. The highest BCUT2D eigenvalue weighted by atomic mass is 35.5. The molecule has 112 valence electrons. The number of halogens is 2. The minimum Gasteiger partial charge on any atom is -0.481 e. The smallest absolute Gasteiger partial charge is 0.304 e. The molecule has 1 rings (SSSR count). The summed E-state index contributed by atoms with van der Waals surface area (Å²) in [4.78, 5) is 10.6. The average Bonchev–Trinajstić information content (AvgIpc) is 2.31. The predicted octanol–water partition coefficient (Wildman–Crippen LogP) is 2.87.